The molecule has 1 heterocycles. The van der Waals surface area contributed by atoms with Crippen LogP contribution in [-0.4, -0.2) is 29.5 Å². The van der Waals surface area contributed by atoms with E-state index in [1.165, 1.54) is 12.1 Å². The molecule has 1 aromatic heterocycles. The van der Waals surface area contributed by atoms with Gasteiger partial charge in [-0.1, -0.05) is 6.92 Å². The number of carbonyl (C=O) groups is 1. The van der Waals surface area contributed by atoms with Gasteiger partial charge in [-0.3, -0.25) is 9.78 Å². The van der Waals surface area contributed by atoms with Crippen LogP contribution in [0.15, 0.2) is 42.6 Å². The third kappa shape index (κ3) is 3.78. The molecule has 21 heavy (non-hydrogen) atoms. The molecule has 110 valence electrons. The van der Waals surface area contributed by atoms with Gasteiger partial charge in [-0.25, -0.2) is 4.39 Å². The number of hydrogen-bond acceptors (Lipinski definition) is 4. The van der Waals surface area contributed by atoms with Crippen molar-refractivity contribution in [3.05, 3.63) is 54.1 Å². The van der Waals surface area contributed by atoms with Crippen molar-refractivity contribution in [1.82, 2.24) is 4.98 Å². The van der Waals surface area contributed by atoms with Crippen molar-refractivity contribution < 1.29 is 14.3 Å². The Morgan fingerprint density at radius 3 is 2.52 bits per heavy atom. The van der Waals surface area contributed by atoms with Crippen molar-refractivity contribution in [2.24, 2.45) is 5.92 Å². The maximum absolute atomic E-state index is 12.8. The number of ketones is 1. The Morgan fingerprint density at radius 1 is 1.29 bits per heavy atom. The standard InChI is InChI=1S/C16H17FN2O2/c1-11(16(21)15-8-3-12(17)9-18-15)10-19(2)13-4-6-14(20)7-5-13/h3-9,11,20H,10H2,1-2H3. The first-order chi connectivity index (χ1) is 9.97. The molecule has 0 aliphatic rings. The number of benzene rings is 1. The third-order valence-electron chi connectivity index (χ3n) is 3.27. The number of Topliss-reactive ketones (excluding diaryl/α,β-unsaturated/α-hetero) is 1. The molecule has 1 aromatic carbocycles. The monoisotopic (exact) mass is 288 g/mol. The fourth-order valence-corrected chi connectivity index (χ4v) is 2.08. The minimum Gasteiger partial charge on any atom is -0.508 e. The fraction of sp³-hybridized carbons (Fsp3) is 0.250. The van der Waals surface area contributed by atoms with Gasteiger partial charge in [-0.2, -0.15) is 0 Å². The van der Waals surface area contributed by atoms with Crippen LogP contribution < -0.4 is 4.90 Å². The number of anilines is 1. The molecule has 2 rings (SSSR count). The van der Waals surface area contributed by atoms with Crippen molar-refractivity contribution in [1.29, 1.82) is 0 Å². The van der Waals surface area contributed by atoms with Crippen molar-refractivity contribution >= 4 is 11.5 Å². The van der Waals surface area contributed by atoms with E-state index >= 15 is 0 Å². The van der Waals surface area contributed by atoms with Gasteiger partial charge in [0, 0.05) is 25.2 Å². The van der Waals surface area contributed by atoms with E-state index in [1.807, 2.05) is 18.9 Å². The highest BCUT2D eigenvalue weighted by Crippen LogP contribution is 2.19. The third-order valence-corrected chi connectivity index (χ3v) is 3.27. The predicted octanol–water partition coefficient (Wildman–Crippen LogP) is 2.88. The van der Waals surface area contributed by atoms with E-state index in [4.69, 9.17) is 0 Å². The molecule has 0 aliphatic carbocycles. The summed E-state index contributed by atoms with van der Waals surface area (Å²) in [6.45, 7) is 2.31. The maximum atomic E-state index is 12.8. The molecule has 2 aromatic rings. The zero-order valence-corrected chi connectivity index (χ0v) is 12.0. The number of aromatic hydroxyl groups is 1. The zero-order chi connectivity index (χ0) is 15.4. The van der Waals surface area contributed by atoms with Crippen LogP contribution in [-0.2, 0) is 0 Å². The Bertz CT molecular complexity index is 611. The predicted molar refractivity (Wildman–Crippen MR) is 79.1 cm³/mol. The molecule has 1 atom stereocenters. The first-order valence-electron chi connectivity index (χ1n) is 6.63. The zero-order valence-electron chi connectivity index (χ0n) is 12.0. The van der Waals surface area contributed by atoms with Crippen LogP contribution in [0, 0.1) is 11.7 Å². The van der Waals surface area contributed by atoms with Crippen molar-refractivity contribution in [2.75, 3.05) is 18.5 Å². The average molecular weight is 288 g/mol. The lowest BCUT2D eigenvalue weighted by molar-refractivity contribution is 0.0928. The van der Waals surface area contributed by atoms with Gasteiger partial charge in [0.15, 0.2) is 5.78 Å². The molecule has 0 saturated carbocycles. The molecule has 1 unspecified atom stereocenters. The minimum atomic E-state index is -0.458. The second-order valence-electron chi connectivity index (χ2n) is 5.02. The Morgan fingerprint density at radius 2 is 1.95 bits per heavy atom. The Hall–Kier alpha value is -2.43. The quantitative estimate of drug-likeness (QED) is 0.860. The number of rotatable bonds is 5. The number of aromatic nitrogens is 1. The van der Waals surface area contributed by atoms with Crippen LogP contribution in [0.1, 0.15) is 17.4 Å². The van der Waals surface area contributed by atoms with Crippen molar-refractivity contribution in [3.63, 3.8) is 0 Å². The van der Waals surface area contributed by atoms with Gasteiger partial charge in [0.25, 0.3) is 0 Å². The molecule has 0 bridgehead atoms. The SMILES string of the molecule is CC(CN(C)c1ccc(O)cc1)C(=O)c1ccc(F)cn1. The minimum absolute atomic E-state index is 0.124. The number of carbonyl (C=O) groups excluding carboxylic acids is 1. The van der Waals surface area contributed by atoms with E-state index in [0.717, 1.165) is 11.9 Å². The molecule has 0 radical (unpaired) electrons. The Kier molecular flexibility index (Phi) is 4.52. The first-order valence-corrected chi connectivity index (χ1v) is 6.63. The van der Waals surface area contributed by atoms with Crippen molar-refractivity contribution in [3.8, 4) is 5.75 Å². The van der Waals surface area contributed by atoms with Gasteiger partial charge in [0.05, 0.1) is 6.20 Å². The average Bonchev–Trinajstić information content (AvgIpc) is 2.47. The second kappa shape index (κ2) is 6.35. The Balaban J connectivity index is 2.03. The lowest BCUT2D eigenvalue weighted by atomic mass is 10.0. The van der Waals surface area contributed by atoms with E-state index < -0.39 is 5.82 Å². The molecule has 4 nitrogen and oxygen atoms in total. The summed E-state index contributed by atoms with van der Waals surface area (Å²) in [4.78, 5) is 18.0. The summed E-state index contributed by atoms with van der Waals surface area (Å²) >= 11 is 0. The highest BCUT2D eigenvalue weighted by Gasteiger charge is 2.18. The molecular formula is C16H17FN2O2. The number of pyridine rings is 1. The molecule has 0 aliphatic heterocycles. The topological polar surface area (TPSA) is 53.4 Å². The summed E-state index contributed by atoms with van der Waals surface area (Å²) in [7, 11) is 1.87. The van der Waals surface area contributed by atoms with Crippen LogP contribution in [0.4, 0.5) is 10.1 Å². The first kappa shape index (κ1) is 15.0. The van der Waals surface area contributed by atoms with E-state index in [1.54, 1.807) is 24.3 Å². The molecular weight excluding hydrogens is 271 g/mol. The van der Waals surface area contributed by atoms with Crippen LogP contribution in [0.25, 0.3) is 0 Å². The molecule has 5 heteroatoms. The van der Waals surface area contributed by atoms with Crippen LogP contribution in [0.3, 0.4) is 0 Å². The van der Waals surface area contributed by atoms with Crippen LogP contribution >= 0.6 is 0 Å². The van der Waals surface area contributed by atoms with Gasteiger partial charge in [-0.15, -0.1) is 0 Å². The summed E-state index contributed by atoms with van der Waals surface area (Å²) < 4.78 is 12.8. The number of phenols is 1. The van der Waals surface area contributed by atoms with Gasteiger partial charge in [0.1, 0.15) is 17.3 Å². The normalized spacial score (nSPS) is 12.0. The van der Waals surface area contributed by atoms with Crippen molar-refractivity contribution in [2.45, 2.75) is 6.92 Å². The largest absolute Gasteiger partial charge is 0.508 e. The summed E-state index contributed by atoms with van der Waals surface area (Å²) in [6.07, 6.45) is 1.05. The molecule has 1 N–H and O–H groups in total. The second-order valence-corrected chi connectivity index (χ2v) is 5.02. The summed E-state index contributed by atoms with van der Waals surface area (Å²) in [5.74, 6) is -0.658. The molecule has 0 fully saturated rings. The Labute approximate surface area is 122 Å². The molecule has 0 saturated heterocycles. The number of nitrogens with zero attached hydrogens (tertiary/aromatic N) is 2. The maximum Gasteiger partial charge on any atom is 0.185 e. The summed E-state index contributed by atoms with van der Waals surface area (Å²) in [5, 5.41) is 9.27. The summed E-state index contributed by atoms with van der Waals surface area (Å²) in [6, 6.07) is 9.39. The summed E-state index contributed by atoms with van der Waals surface area (Å²) in [5.41, 5.74) is 1.17. The van der Waals surface area contributed by atoms with E-state index in [0.29, 0.717) is 6.54 Å². The van der Waals surface area contributed by atoms with E-state index in [2.05, 4.69) is 4.98 Å². The molecule has 0 spiro atoms. The van der Waals surface area contributed by atoms with Gasteiger partial charge < -0.3 is 10.0 Å². The highest BCUT2D eigenvalue weighted by atomic mass is 19.1. The van der Waals surface area contributed by atoms with Crippen LogP contribution in [0.2, 0.25) is 0 Å². The van der Waals surface area contributed by atoms with Gasteiger partial charge in [-0.05, 0) is 36.4 Å². The fourth-order valence-electron chi connectivity index (χ4n) is 2.08. The number of halogens is 1. The lowest BCUT2D eigenvalue weighted by Crippen LogP contribution is -2.29. The van der Waals surface area contributed by atoms with Gasteiger partial charge in [0.2, 0.25) is 0 Å². The number of hydrogen-bond donors (Lipinski definition) is 1. The van der Waals surface area contributed by atoms with E-state index in [-0.39, 0.29) is 23.1 Å². The lowest BCUT2D eigenvalue weighted by Gasteiger charge is -2.22. The smallest absolute Gasteiger partial charge is 0.185 e. The van der Waals surface area contributed by atoms with Gasteiger partial charge >= 0.3 is 0 Å². The highest BCUT2D eigenvalue weighted by molar-refractivity contribution is 5.96. The van der Waals surface area contributed by atoms with E-state index in [9.17, 15) is 14.3 Å². The van der Waals surface area contributed by atoms with Crippen LogP contribution in [0.5, 0.6) is 5.75 Å². The molecule has 0 amide bonds. The number of phenolic OH excluding ortho intramolecular Hbond substituents is 1.